The predicted octanol–water partition coefficient (Wildman–Crippen LogP) is 3.88. The molecule has 0 spiro atoms. The summed E-state index contributed by atoms with van der Waals surface area (Å²) in [7, 11) is 1.96. The van der Waals surface area contributed by atoms with Crippen molar-refractivity contribution >= 4 is 0 Å². The molecule has 0 radical (unpaired) electrons. The number of rotatable bonds is 4. The fourth-order valence-electron chi connectivity index (χ4n) is 3.98. The van der Waals surface area contributed by atoms with Gasteiger partial charge in [0.2, 0.25) is 0 Å². The monoisotopic (exact) mass is 283 g/mol. The summed E-state index contributed by atoms with van der Waals surface area (Å²) in [5.41, 5.74) is 0.718. The molecule has 0 aliphatic heterocycles. The van der Waals surface area contributed by atoms with E-state index in [4.69, 9.17) is 0 Å². The van der Waals surface area contributed by atoms with Crippen LogP contribution in [0.2, 0.25) is 0 Å². The van der Waals surface area contributed by atoms with Crippen LogP contribution in [0.5, 0.6) is 0 Å². The molecule has 0 bridgehead atoms. The Balaban J connectivity index is 1.73. The van der Waals surface area contributed by atoms with Gasteiger partial charge in [0.1, 0.15) is 0 Å². The molecule has 2 aliphatic carbocycles. The van der Waals surface area contributed by atoms with E-state index in [-0.39, 0.29) is 5.41 Å². The molecule has 2 saturated carbocycles. The number of halogens is 3. The van der Waals surface area contributed by atoms with Gasteiger partial charge in [0.05, 0.1) is 5.56 Å². The van der Waals surface area contributed by atoms with Crippen LogP contribution in [0.3, 0.4) is 0 Å². The lowest BCUT2D eigenvalue weighted by molar-refractivity contribution is -0.137. The molecule has 1 nitrogen and oxygen atoms in total. The van der Waals surface area contributed by atoms with Crippen molar-refractivity contribution in [1.29, 1.82) is 0 Å². The zero-order valence-electron chi connectivity index (χ0n) is 11.6. The Morgan fingerprint density at radius 3 is 2.25 bits per heavy atom. The molecule has 1 N–H and O–H groups in total. The maximum absolute atomic E-state index is 12.6. The van der Waals surface area contributed by atoms with E-state index in [1.54, 1.807) is 12.1 Å². The van der Waals surface area contributed by atoms with Gasteiger partial charge in [-0.3, -0.25) is 0 Å². The second-order valence-electron chi connectivity index (χ2n) is 6.57. The first-order chi connectivity index (χ1) is 9.42. The fraction of sp³-hybridized carbons (Fsp3) is 0.625. The highest BCUT2D eigenvalue weighted by Crippen LogP contribution is 2.60. The third kappa shape index (κ3) is 2.71. The van der Waals surface area contributed by atoms with Crippen molar-refractivity contribution in [2.75, 3.05) is 13.6 Å². The third-order valence-electron chi connectivity index (χ3n) is 4.87. The van der Waals surface area contributed by atoms with Gasteiger partial charge in [-0.2, -0.15) is 13.2 Å². The first kappa shape index (κ1) is 13.9. The Kier molecular flexibility index (Phi) is 3.32. The summed E-state index contributed by atoms with van der Waals surface area (Å²) < 4.78 is 37.7. The number of hydrogen-bond donors (Lipinski definition) is 1. The minimum atomic E-state index is -4.24. The molecule has 2 fully saturated rings. The molecule has 0 heterocycles. The lowest BCUT2D eigenvalue weighted by Crippen LogP contribution is -2.33. The Bertz CT molecular complexity index is 467. The van der Waals surface area contributed by atoms with E-state index in [0.29, 0.717) is 0 Å². The molecule has 0 saturated heterocycles. The molecule has 3 rings (SSSR count). The molecular formula is C16H20F3N. The SMILES string of the molecule is CNCC1(Cc2ccc(C(F)(F)F)cc2)CC2CC2C1. The first-order valence-electron chi connectivity index (χ1n) is 7.23. The van der Waals surface area contributed by atoms with Crippen molar-refractivity contribution in [3.8, 4) is 0 Å². The molecular weight excluding hydrogens is 263 g/mol. The van der Waals surface area contributed by atoms with E-state index in [0.717, 1.165) is 30.4 Å². The number of benzene rings is 1. The number of fused-ring (bicyclic) bond motifs is 1. The lowest BCUT2D eigenvalue weighted by Gasteiger charge is -2.31. The van der Waals surface area contributed by atoms with E-state index in [9.17, 15) is 13.2 Å². The topological polar surface area (TPSA) is 12.0 Å². The van der Waals surface area contributed by atoms with Crippen molar-refractivity contribution in [2.45, 2.75) is 31.9 Å². The van der Waals surface area contributed by atoms with Gasteiger partial charge in [-0.25, -0.2) is 0 Å². The number of alkyl halides is 3. The van der Waals surface area contributed by atoms with Crippen LogP contribution in [0.1, 0.15) is 30.4 Å². The van der Waals surface area contributed by atoms with Gasteiger partial charge in [-0.05, 0) is 67.7 Å². The van der Waals surface area contributed by atoms with Crippen LogP contribution >= 0.6 is 0 Å². The summed E-state index contributed by atoms with van der Waals surface area (Å²) >= 11 is 0. The van der Waals surface area contributed by atoms with Gasteiger partial charge < -0.3 is 5.32 Å². The van der Waals surface area contributed by atoms with Crippen LogP contribution in [0, 0.1) is 17.3 Å². The molecule has 4 heteroatoms. The van der Waals surface area contributed by atoms with Crippen LogP contribution in [0.15, 0.2) is 24.3 Å². The summed E-state index contributed by atoms with van der Waals surface area (Å²) in [6.45, 7) is 0.959. The minimum Gasteiger partial charge on any atom is -0.319 e. The van der Waals surface area contributed by atoms with Crippen LogP contribution in [0.4, 0.5) is 13.2 Å². The molecule has 20 heavy (non-hydrogen) atoms. The van der Waals surface area contributed by atoms with Crippen molar-refractivity contribution in [1.82, 2.24) is 5.32 Å². The predicted molar refractivity (Wildman–Crippen MR) is 72.3 cm³/mol. The van der Waals surface area contributed by atoms with Crippen molar-refractivity contribution in [2.24, 2.45) is 17.3 Å². The van der Waals surface area contributed by atoms with E-state index < -0.39 is 11.7 Å². The van der Waals surface area contributed by atoms with E-state index in [1.165, 1.54) is 31.4 Å². The van der Waals surface area contributed by atoms with Crippen molar-refractivity contribution in [3.63, 3.8) is 0 Å². The van der Waals surface area contributed by atoms with Crippen LogP contribution in [-0.4, -0.2) is 13.6 Å². The Labute approximate surface area is 117 Å². The van der Waals surface area contributed by atoms with E-state index >= 15 is 0 Å². The zero-order valence-corrected chi connectivity index (χ0v) is 11.6. The molecule has 110 valence electrons. The Morgan fingerprint density at radius 2 is 1.75 bits per heavy atom. The molecule has 1 aromatic carbocycles. The minimum absolute atomic E-state index is 0.252. The maximum Gasteiger partial charge on any atom is 0.416 e. The maximum atomic E-state index is 12.6. The quantitative estimate of drug-likeness (QED) is 0.884. The standard InChI is InChI=1S/C16H20F3N/c1-20-10-15(8-12-6-13(12)9-15)7-11-2-4-14(5-3-11)16(17,18)19/h2-5,12-13,20H,6-10H2,1H3. The largest absolute Gasteiger partial charge is 0.416 e. The average Bonchev–Trinajstić information content (AvgIpc) is 2.97. The van der Waals surface area contributed by atoms with Gasteiger partial charge in [0, 0.05) is 6.54 Å². The Hall–Kier alpha value is -1.03. The summed E-state index contributed by atoms with van der Waals surface area (Å²) in [6.07, 6.45) is 0.451. The highest BCUT2D eigenvalue weighted by Gasteiger charge is 2.53. The van der Waals surface area contributed by atoms with Crippen LogP contribution in [0.25, 0.3) is 0 Å². The molecule has 0 amide bonds. The van der Waals surface area contributed by atoms with Crippen LogP contribution in [-0.2, 0) is 12.6 Å². The summed E-state index contributed by atoms with van der Waals surface area (Å²) in [5, 5.41) is 3.27. The Morgan fingerprint density at radius 1 is 1.15 bits per heavy atom. The normalized spacial score (nSPS) is 32.2. The highest BCUT2D eigenvalue weighted by molar-refractivity contribution is 5.26. The third-order valence-corrected chi connectivity index (χ3v) is 4.87. The van der Waals surface area contributed by atoms with Gasteiger partial charge >= 0.3 is 6.18 Å². The fourth-order valence-corrected chi connectivity index (χ4v) is 3.98. The van der Waals surface area contributed by atoms with Gasteiger partial charge in [0.15, 0.2) is 0 Å². The molecule has 0 aromatic heterocycles. The highest BCUT2D eigenvalue weighted by atomic mass is 19.4. The summed E-state index contributed by atoms with van der Waals surface area (Å²) in [4.78, 5) is 0. The summed E-state index contributed by atoms with van der Waals surface area (Å²) in [5.74, 6) is 1.75. The van der Waals surface area contributed by atoms with Gasteiger partial charge in [-0.15, -0.1) is 0 Å². The van der Waals surface area contributed by atoms with Gasteiger partial charge in [0.25, 0.3) is 0 Å². The second kappa shape index (κ2) is 4.76. The number of nitrogens with one attached hydrogen (secondary N) is 1. The summed E-state index contributed by atoms with van der Waals surface area (Å²) in [6, 6.07) is 5.70. The smallest absolute Gasteiger partial charge is 0.319 e. The first-order valence-corrected chi connectivity index (χ1v) is 7.23. The molecule has 2 atom stereocenters. The van der Waals surface area contributed by atoms with E-state index in [1.807, 2.05) is 7.05 Å². The second-order valence-corrected chi connectivity index (χ2v) is 6.57. The zero-order chi connectivity index (χ0) is 14.4. The molecule has 1 aromatic rings. The molecule has 2 unspecified atom stereocenters. The van der Waals surface area contributed by atoms with Gasteiger partial charge in [-0.1, -0.05) is 12.1 Å². The van der Waals surface area contributed by atoms with Crippen molar-refractivity contribution in [3.05, 3.63) is 35.4 Å². The number of hydrogen-bond acceptors (Lipinski definition) is 1. The molecule has 2 aliphatic rings. The van der Waals surface area contributed by atoms with Crippen LogP contribution < -0.4 is 5.32 Å². The van der Waals surface area contributed by atoms with E-state index in [2.05, 4.69) is 5.32 Å². The lowest BCUT2D eigenvalue weighted by atomic mass is 9.77. The average molecular weight is 283 g/mol. The van der Waals surface area contributed by atoms with Crippen molar-refractivity contribution < 1.29 is 13.2 Å².